The molecule has 0 bridgehead atoms. The van der Waals surface area contributed by atoms with Gasteiger partial charge in [0.25, 0.3) is 0 Å². The van der Waals surface area contributed by atoms with E-state index >= 15 is 0 Å². The van der Waals surface area contributed by atoms with Gasteiger partial charge in [0.15, 0.2) is 0 Å². The topological polar surface area (TPSA) is 3.24 Å². The summed E-state index contributed by atoms with van der Waals surface area (Å²) in [6.07, 6.45) is 6.30. The first-order valence-electron chi connectivity index (χ1n) is 3.88. The molecular weight excluding hydrogens is 134 g/mol. The Morgan fingerprint density at radius 1 is 1.18 bits per heavy atom. The Labute approximate surface area is 68.7 Å². The zero-order valence-corrected chi connectivity index (χ0v) is 7.68. The van der Waals surface area contributed by atoms with Gasteiger partial charge >= 0.3 is 0 Å². The van der Waals surface area contributed by atoms with E-state index in [2.05, 4.69) is 51.1 Å². The number of allylic oxidation sites excluding steroid dienone is 5. The molecule has 0 fully saturated rings. The molecule has 1 aliphatic rings. The van der Waals surface area contributed by atoms with E-state index in [1.807, 2.05) is 0 Å². The molecule has 0 radical (unpaired) electrons. The molecule has 1 aliphatic heterocycles. The third-order valence-electron chi connectivity index (χ3n) is 2.32. The van der Waals surface area contributed by atoms with E-state index in [4.69, 9.17) is 0 Å². The van der Waals surface area contributed by atoms with Crippen molar-refractivity contribution < 1.29 is 0 Å². The van der Waals surface area contributed by atoms with Crippen molar-refractivity contribution in [1.29, 1.82) is 0 Å². The zero-order chi connectivity index (χ0) is 8.43. The predicted molar refractivity (Wildman–Crippen MR) is 49.0 cm³/mol. The van der Waals surface area contributed by atoms with Crippen molar-refractivity contribution in [3.63, 3.8) is 0 Å². The van der Waals surface area contributed by atoms with Gasteiger partial charge in [-0.3, -0.25) is 0 Å². The van der Waals surface area contributed by atoms with E-state index in [1.165, 1.54) is 16.8 Å². The summed E-state index contributed by atoms with van der Waals surface area (Å²) in [4.78, 5) is 2.14. The van der Waals surface area contributed by atoms with Gasteiger partial charge in [-0.25, -0.2) is 0 Å². The van der Waals surface area contributed by atoms with Crippen molar-refractivity contribution >= 4 is 0 Å². The maximum atomic E-state index is 2.16. The first kappa shape index (κ1) is 8.12. The Morgan fingerprint density at radius 2 is 1.82 bits per heavy atom. The lowest BCUT2D eigenvalue weighted by Crippen LogP contribution is -2.08. The maximum Gasteiger partial charge on any atom is 0.0172 e. The van der Waals surface area contributed by atoms with E-state index in [0.29, 0.717) is 0 Å². The molecule has 1 nitrogen and oxygen atoms in total. The van der Waals surface area contributed by atoms with Gasteiger partial charge in [0.05, 0.1) is 0 Å². The van der Waals surface area contributed by atoms with Crippen LogP contribution < -0.4 is 0 Å². The lowest BCUT2D eigenvalue weighted by molar-refractivity contribution is 0.565. The summed E-state index contributed by atoms with van der Waals surface area (Å²) in [6, 6.07) is 0. The fourth-order valence-electron chi connectivity index (χ4n) is 1.10. The van der Waals surface area contributed by atoms with Crippen molar-refractivity contribution in [1.82, 2.24) is 4.90 Å². The Hall–Kier alpha value is -0.980. The van der Waals surface area contributed by atoms with Crippen LogP contribution in [0.4, 0.5) is 0 Å². The molecule has 0 N–H and O–H groups in total. The van der Waals surface area contributed by atoms with Crippen LogP contribution >= 0.6 is 0 Å². The second kappa shape index (κ2) is 2.95. The molecule has 11 heavy (non-hydrogen) atoms. The van der Waals surface area contributed by atoms with Crippen LogP contribution in [0.25, 0.3) is 0 Å². The lowest BCUT2D eigenvalue weighted by Gasteiger charge is -2.15. The van der Waals surface area contributed by atoms with Crippen LogP contribution in [0.3, 0.4) is 0 Å². The Morgan fingerprint density at radius 3 is 2.45 bits per heavy atom. The van der Waals surface area contributed by atoms with Crippen LogP contribution in [0, 0.1) is 0 Å². The van der Waals surface area contributed by atoms with Gasteiger partial charge in [0, 0.05) is 18.9 Å². The number of nitrogens with zero attached hydrogens (tertiary/aromatic N) is 1. The summed E-state index contributed by atoms with van der Waals surface area (Å²) < 4.78 is 0. The van der Waals surface area contributed by atoms with Crippen LogP contribution in [0.5, 0.6) is 0 Å². The SMILES string of the molecule is CC1=CC=CN(C)C(C)=C1C. The van der Waals surface area contributed by atoms with Gasteiger partial charge in [-0.05, 0) is 38.0 Å². The summed E-state index contributed by atoms with van der Waals surface area (Å²) in [6.45, 7) is 6.44. The zero-order valence-electron chi connectivity index (χ0n) is 7.68. The molecular formula is C10H15N. The average Bonchev–Trinajstić information content (AvgIpc) is 2.07. The summed E-state index contributed by atoms with van der Waals surface area (Å²) in [5.74, 6) is 0. The highest BCUT2D eigenvalue weighted by Crippen LogP contribution is 2.18. The van der Waals surface area contributed by atoms with Crippen LogP contribution in [-0.4, -0.2) is 11.9 Å². The highest BCUT2D eigenvalue weighted by molar-refractivity contribution is 5.36. The maximum absolute atomic E-state index is 2.16. The minimum atomic E-state index is 1.33. The van der Waals surface area contributed by atoms with E-state index in [0.717, 1.165) is 0 Å². The monoisotopic (exact) mass is 149 g/mol. The van der Waals surface area contributed by atoms with Gasteiger partial charge < -0.3 is 4.90 Å². The molecule has 0 atom stereocenters. The molecule has 0 aromatic carbocycles. The van der Waals surface area contributed by atoms with E-state index in [9.17, 15) is 0 Å². The summed E-state index contributed by atoms with van der Waals surface area (Å²) >= 11 is 0. The largest absolute Gasteiger partial charge is 0.354 e. The van der Waals surface area contributed by atoms with Gasteiger partial charge in [-0.2, -0.15) is 0 Å². The predicted octanol–water partition coefficient (Wildman–Crippen LogP) is 2.69. The molecule has 1 heteroatoms. The first-order valence-corrected chi connectivity index (χ1v) is 3.88. The van der Waals surface area contributed by atoms with Crippen molar-refractivity contribution in [2.45, 2.75) is 20.8 Å². The normalized spacial score (nSPS) is 18.5. The van der Waals surface area contributed by atoms with E-state index < -0.39 is 0 Å². The second-order valence-electron chi connectivity index (χ2n) is 3.01. The Kier molecular flexibility index (Phi) is 2.18. The Balaban J connectivity index is 3.08. The van der Waals surface area contributed by atoms with Gasteiger partial charge in [0.2, 0.25) is 0 Å². The third kappa shape index (κ3) is 1.53. The number of rotatable bonds is 0. The molecule has 60 valence electrons. The molecule has 0 unspecified atom stereocenters. The fourth-order valence-corrected chi connectivity index (χ4v) is 1.10. The highest BCUT2D eigenvalue weighted by atomic mass is 15.1. The van der Waals surface area contributed by atoms with Crippen LogP contribution in [0.15, 0.2) is 35.2 Å². The summed E-state index contributed by atoms with van der Waals surface area (Å²) in [5, 5.41) is 0. The number of hydrogen-bond donors (Lipinski definition) is 0. The fraction of sp³-hybridized carbons (Fsp3) is 0.400. The minimum absolute atomic E-state index is 1.33. The van der Waals surface area contributed by atoms with Crippen molar-refractivity contribution in [2.24, 2.45) is 0 Å². The van der Waals surface area contributed by atoms with Crippen LogP contribution in [0.1, 0.15) is 20.8 Å². The summed E-state index contributed by atoms with van der Waals surface area (Å²) in [5.41, 5.74) is 4.05. The van der Waals surface area contributed by atoms with Crippen LogP contribution in [0.2, 0.25) is 0 Å². The third-order valence-corrected chi connectivity index (χ3v) is 2.32. The van der Waals surface area contributed by atoms with E-state index in [-0.39, 0.29) is 0 Å². The molecule has 0 aromatic rings. The molecule has 1 heterocycles. The van der Waals surface area contributed by atoms with Crippen molar-refractivity contribution in [3.8, 4) is 0 Å². The molecule has 1 rings (SSSR count). The van der Waals surface area contributed by atoms with E-state index in [1.54, 1.807) is 0 Å². The summed E-state index contributed by atoms with van der Waals surface area (Å²) in [7, 11) is 2.07. The molecule has 0 aliphatic carbocycles. The highest BCUT2D eigenvalue weighted by Gasteiger charge is 2.03. The minimum Gasteiger partial charge on any atom is -0.354 e. The standard InChI is InChI=1S/C10H15N/c1-8-6-5-7-11(4)10(3)9(8)2/h5-7H,1-4H3. The quantitative estimate of drug-likeness (QED) is 0.512. The van der Waals surface area contributed by atoms with Crippen molar-refractivity contribution in [2.75, 3.05) is 7.05 Å². The molecule has 0 saturated heterocycles. The van der Waals surface area contributed by atoms with Crippen LogP contribution in [-0.2, 0) is 0 Å². The molecule has 0 saturated carbocycles. The Bertz CT molecular complexity index is 244. The molecule has 0 amide bonds. The smallest absolute Gasteiger partial charge is 0.0172 e. The number of hydrogen-bond acceptors (Lipinski definition) is 1. The van der Waals surface area contributed by atoms with Crippen molar-refractivity contribution in [3.05, 3.63) is 35.2 Å². The molecule has 0 aromatic heterocycles. The van der Waals surface area contributed by atoms with Gasteiger partial charge in [-0.1, -0.05) is 6.08 Å². The van der Waals surface area contributed by atoms with Gasteiger partial charge in [0.1, 0.15) is 0 Å². The first-order chi connectivity index (χ1) is 5.13. The molecule has 0 spiro atoms. The second-order valence-corrected chi connectivity index (χ2v) is 3.01. The van der Waals surface area contributed by atoms with Gasteiger partial charge in [-0.15, -0.1) is 0 Å². The average molecular weight is 149 g/mol. The lowest BCUT2D eigenvalue weighted by atomic mass is 10.1.